The second-order valence-corrected chi connectivity index (χ2v) is 7.04. The summed E-state index contributed by atoms with van der Waals surface area (Å²) in [5.41, 5.74) is -0.0375. The summed E-state index contributed by atoms with van der Waals surface area (Å²) in [6.07, 6.45) is 2.26. The van der Waals surface area contributed by atoms with E-state index in [9.17, 15) is 13.6 Å². The highest BCUT2D eigenvalue weighted by Gasteiger charge is 2.30. The zero-order valence-electron chi connectivity index (χ0n) is 13.4. The number of halogens is 2. The minimum Gasteiger partial charge on any atom is -0.323 e. The van der Waals surface area contributed by atoms with E-state index in [1.807, 2.05) is 11.5 Å². The predicted octanol–water partition coefficient (Wildman–Crippen LogP) is 3.57. The van der Waals surface area contributed by atoms with Crippen LogP contribution in [0.3, 0.4) is 0 Å². The normalized spacial score (nSPS) is 15.3. The average Bonchev–Trinajstić information content (AvgIpc) is 3.31. The van der Waals surface area contributed by atoms with Crippen LogP contribution in [0.15, 0.2) is 23.4 Å². The summed E-state index contributed by atoms with van der Waals surface area (Å²) in [5.74, 6) is -0.407. The summed E-state index contributed by atoms with van der Waals surface area (Å²) >= 11 is 1.28. The number of nitrogens with one attached hydrogen (secondary N) is 1. The van der Waals surface area contributed by atoms with Gasteiger partial charge in [0.2, 0.25) is 5.91 Å². The lowest BCUT2D eigenvalue weighted by Gasteiger charge is -2.13. The smallest absolute Gasteiger partial charge is 0.237 e. The van der Waals surface area contributed by atoms with Crippen LogP contribution in [0, 0.1) is 11.6 Å². The Morgan fingerprint density at radius 2 is 2.17 bits per heavy atom. The van der Waals surface area contributed by atoms with Crippen LogP contribution in [-0.4, -0.2) is 25.9 Å². The summed E-state index contributed by atoms with van der Waals surface area (Å²) in [6, 6.07) is 3.05. The molecule has 128 valence electrons. The molecular formula is C16H18F2N4OS. The van der Waals surface area contributed by atoms with Gasteiger partial charge in [0.1, 0.15) is 17.5 Å². The van der Waals surface area contributed by atoms with E-state index >= 15 is 0 Å². The van der Waals surface area contributed by atoms with Crippen LogP contribution in [0.2, 0.25) is 0 Å². The number of hydrogen-bond acceptors (Lipinski definition) is 4. The van der Waals surface area contributed by atoms with Crippen LogP contribution in [0.4, 0.5) is 14.5 Å². The van der Waals surface area contributed by atoms with E-state index in [-0.39, 0.29) is 11.6 Å². The van der Waals surface area contributed by atoms with Crippen molar-refractivity contribution in [3.05, 3.63) is 35.7 Å². The monoisotopic (exact) mass is 352 g/mol. The number of hydrogen-bond donors (Lipinski definition) is 1. The molecule has 0 saturated heterocycles. The zero-order chi connectivity index (χ0) is 17.3. The lowest BCUT2D eigenvalue weighted by molar-refractivity contribution is -0.115. The standard InChI is InChI=1S/C16H18F2N4OS/c1-3-22-14(10-4-5-10)20-21-16(22)24-9(2)15(23)19-13-7-6-11(17)8-12(13)18/h6-10H,3-5H2,1-2H3,(H,19,23)/t9-/m0/s1. The van der Waals surface area contributed by atoms with Gasteiger partial charge in [-0.05, 0) is 38.8 Å². The van der Waals surface area contributed by atoms with Crippen molar-refractivity contribution >= 4 is 23.4 Å². The lowest BCUT2D eigenvalue weighted by atomic mass is 10.3. The van der Waals surface area contributed by atoms with Gasteiger partial charge in [-0.1, -0.05) is 11.8 Å². The molecule has 8 heteroatoms. The van der Waals surface area contributed by atoms with E-state index in [2.05, 4.69) is 15.5 Å². The fourth-order valence-electron chi connectivity index (χ4n) is 2.36. The number of carbonyl (C=O) groups is 1. The molecule has 0 unspecified atom stereocenters. The van der Waals surface area contributed by atoms with Crippen molar-refractivity contribution in [1.82, 2.24) is 14.8 Å². The molecule has 1 aromatic carbocycles. The Bertz CT molecular complexity index is 761. The van der Waals surface area contributed by atoms with E-state index in [0.29, 0.717) is 11.1 Å². The maximum Gasteiger partial charge on any atom is 0.237 e. The van der Waals surface area contributed by atoms with Crippen molar-refractivity contribution in [3.63, 3.8) is 0 Å². The predicted molar refractivity (Wildman–Crippen MR) is 88.0 cm³/mol. The molecule has 24 heavy (non-hydrogen) atoms. The van der Waals surface area contributed by atoms with Crippen LogP contribution in [-0.2, 0) is 11.3 Å². The summed E-state index contributed by atoms with van der Waals surface area (Å²) in [6.45, 7) is 4.47. The molecule has 1 amide bonds. The van der Waals surface area contributed by atoms with E-state index < -0.39 is 16.9 Å². The first-order valence-electron chi connectivity index (χ1n) is 7.85. The molecular weight excluding hydrogens is 334 g/mol. The molecule has 1 fully saturated rings. The Kier molecular flexibility index (Phi) is 4.84. The Balaban J connectivity index is 1.68. The quantitative estimate of drug-likeness (QED) is 0.808. The molecule has 1 atom stereocenters. The van der Waals surface area contributed by atoms with E-state index in [0.717, 1.165) is 37.3 Å². The zero-order valence-corrected chi connectivity index (χ0v) is 14.2. The number of amides is 1. The molecule has 2 aromatic rings. The van der Waals surface area contributed by atoms with Crippen molar-refractivity contribution < 1.29 is 13.6 Å². The molecule has 0 spiro atoms. The Morgan fingerprint density at radius 3 is 2.79 bits per heavy atom. The molecule has 1 N–H and O–H groups in total. The van der Waals surface area contributed by atoms with Gasteiger partial charge in [-0.15, -0.1) is 10.2 Å². The molecule has 1 aliphatic rings. The van der Waals surface area contributed by atoms with E-state index in [1.165, 1.54) is 17.8 Å². The Labute approximate surface area is 142 Å². The van der Waals surface area contributed by atoms with Gasteiger partial charge in [0.15, 0.2) is 5.16 Å². The number of nitrogens with zero attached hydrogens (tertiary/aromatic N) is 3. The van der Waals surface area contributed by atoms with Gasteiger partial charge in [-0.3, -0.25) is 4.79 Å². The number of carbonyl (C=O) groups excluding carboxylic acids is 1. The van der Waals surface area contributed by atoms with Crippen LogP contribution < -0.4 is 5.32 Å². The first-order valence-corrected chi connectivity index (χ1v) is 8.73. The van der Waals surface area contributed by atoms with Gasteiger partial charge in [0.05, 0.1) is 10.9 Å². The summed E-state index contributed by atoms with van der Waals surface area (Å²) in [7, 11) is 0. The molecule has 0 radical (unpaired) electrons. The van der Waals surface area contributed by atoms with Crippen molar-refractivity contribution in [3.8, 4) is 0 Å². The fourth-order valence-corrected chi connectivity index (χ4v) is 3.28. The number of aromatic nitrogens is 3. The fraction of sp³-hybridized carbons (Fsp3) is 0.438. The highest BCUT2D eigenvalue weighted by molar-refractivity contribution is 8.00. The molecule has 0 bridgehead atoms. The summed E-state index contributed by atoms with van der Waals surface area (Å²) in [5, 5.41) is 11.1. The van der Waals surface area contributed by atoms with Gasteiger partial charge in [-0.25, -0.2) is 8.78 Å². The number of anilines is 1. The molecule has 1 aromatic heterocycles. The molecule has 1 heterocycles. The van der Waals surface area contributed by atoms with Gasteiger partial charge in [0.25, 0.3) is 0 Å². The third-order valence-corrected chi connectivity index (χ3v) is 4.93. The van der Waals surface area contributed by atoms with Gasteiger partial charge < -0.3 is 9.88 Å². The average molecular weight is 352 g/mol. The van der Waals surface area contributed by atoms with Crippen LogP contribution in [0.1, 0.15) is 38.4 Å². The SMILES string of the molecule is CCn1c(S[C@@H](C)C(=O)Nc2ccc(F)cc2F)nnc1C1CC1. The number of benzene rings is 1. The van der Waals surface area contributed by atoms with Crippen molar-refractivity contribution in [1.29, 1.82) is 0 Å². The molecule has 3 rings (SSSR count). The molecule has 5 nitrogen and oxygen atoms in total. The van der Waals surface area contributed by atoms with Crippen molar-refractivity contribution in [2.75, 3.05) is 5.32 Å². The first kappa shape index (κ1) is 16.9. The highest BCUT2D eigenvalue weighted by atomic mass is 32.2. The molecule has 1 saturated carbocycles. The van der Waals surface area contributed by atoms with Crippen molar-refractivity contribution in [2.24, 2.45) is 0 Å². The van der Waals surface area contributed by atoms with E-state index in [1.54, 1.807) is 6.92 Å². The topological polar surface area (TPSA) is 59.8 Å². The Hall–Kier alpha value is -1.96. The van der Waals surface area contributed by atoms with Crippen LogP contribution >= 0.6 is 11.8 Å². The van der Waals surface area contributed by atoms with Crippen LogP contribution in [0.5, 0.6) is 0 Å². The van der Waals surface area contributed by atoms with E-state index in [4.69, 9.17) is 0 Å². The molecule has 0 aliphatic heterocycles. The Morgan fingerprint density at radius 1 is 1.42 bits per heavy atom. The first-order chi connectivity index (χ1) is 11.5. The minimum atomic E-state index is -0.798. The third kappa shape index (κ3) is 3.58. The van der Waals surface area contributed by atoms with Gasteiger partial charge in [-0.2, -0.15) is 0 Å². The maximum absolute atomic E-state index is 13.6. The lowest BCUT2D eigenvalue weighted by Crippen LogP contribution is -2.23. The van der Waals surface area contributed by atoms with Crippen molar-refractivity contribution in [2.45, 2.75) is 49.6 Å². The van der Waals surface area contributed by atoms with Crippen LogP contribution in [0.25, 0.3) is 0 Å². The number of rotatable bonds is 6. The second-order valence-electron chi connectivity index (χ2n) is 5.73. The van der Waals surface area contributed by atoms with Gasteiger partial charge in [0, 0.05) is 18.5 Å². The highest BCUT2D eigenvalue weighted by Crippen LogP contribution is 2.40. The largest absolute Gasteiger partial charge is 0.323 e. The number of thioether (sulfide) groups is 1. The third-order valence-electron chi connectivity index (χ3n) is 3.84. The molecule has 1 aliphatic carbocycles. The summed E-state index contributed by atoms with van der Waals surface area (Å²) in [4.78, 5) is 12.3. The van der Waals surface area contributed by atoms with Gasteiger partial charge >= 0.3 is 0 Å². The minimum absolute atomic E-state index is 0.0375. The summed E-state index contributed by atoms with van der Waals surface area (Å²) < 4.78 is 28.6. The maximum atomic E-state index is 13.6. The second kappa shape index (κ2) is 6.88.